The van der Waals surface area contributed by atoms with Crippen molar-refractivity contribution in [2.45, 2.75) is 39.4 Å². The Morgan fingerprint density at radius 3 is 2.71 bits per heavy atom. The van der Waals surface area contributed by atoms with Gasteiger partial charge in [0.05, 0.1) is 18.5 Å². The van der Waals surface area contributed by atoms with Gasteiger partial charge in [-0.3, -0.25) is 5.32 Å². The standard InChI is InChI=1S/C14H21FN2O4/c1-9(8-19-5)20-11-7-16-12(15)6-10(11)17-13(18)21-14(2,3)4/h6-7,9H,8H2,1-5H3,(H,16,17,18). The van der Waals surface area contributed by atoms with E-state index in [4.69, 9.17) is 14.2 Å². The zero-order valence-electron chi connectivity index (χ0n) is 12.9. The molecule has 1 N–H and O–H groups in total. The Morgan fingerprint density at radius 1 is 1.48 bits per heavy atom. The van der Waals surface area contributed by atoms with E-state index < -0.39 is 17.6 Å². The van der Waals surface area contributed by atoms with Crippen LogP contribution in [-0.4, -0.2) is 36.5 Å². The Balaban J connectivity index is 2.84. The number of anilines is 1. The van der Waals surface area contributed by atoms with Crippen molar-refractivity contribution in [3.05, 3.63) is 18.2 Å². The Kier molecular flexibility index (Phi) is 5.90. The second-order valence-corrected chi connectivity index (χ2v) is 5.51. The second kappa shape index (κ2) is 7.21. The van der Waals surface area contributed by atoms with Gasteiger partial charge in [0.25, 0.3) is 0 Å². The summed E-state index contributed by atoms with van der Waals surface area (Å²) < 4.78 is 28.9. The third-order valence-corrected chi connectivity index (χ3v) is 2.20. The van der Waals surface area contributed by atoms with Gasteiger partial charge in [-0.15, -0.1) is 0 Å². The summed E-state index contributed by atoms with van der Waals surface area (Å²) in [6.45, 7) is 7.33. The Labute approximate surface area is 123 Å². The molecule has 1 aromatic heterocycles. The van der Waals surface area contributed by atoms with Crippen molar-refractivity contribution in [1.82, 2.24) is 4.98 Å². The molecule has 1 heterocycles. The number of nitrogens with zero attached hydrogens (tertiary/aromatic N) is 1. The van der Waals surface area contributed by atoms with Gasteiger partial charge in [-0.1, -0.05) is 0 Å². The number of aromatic nitrogens is 1. The summed E-state index contributed by atoms with van der Waals surface area (Å²) in [5, 5.41) is 2.45. The molecule has 0 aliphatic rings. The molecular formula is C14H21FN2O4. The first-order chi connectivity index (χ1) is 9.71. The Morgan fingerprint density at radius 2 is 2.14 bits per heavy atom. The van der Waals surface area contributed by atoms with Crippen LogP contribution in [0.5, 0.6) is 5.75 Å². The molecule has 21 heavy (non-hydrogen) atoms. The fourth-order valence-electron chi connectivity index (χ4n) is 1.51. The van der Waals surface area contributed by atoms with Crippen molar-refractivity contribution < 1.29 is 23.4 Å². The molecule has 1 atom stereocenters. The van der Waals surface area contributed by atoms with Crippen molar-refractivity contribution in [3.63, 3.8) is 0 Å². The number of rotatable bonds is 5. The molecule has 1 aromatic rings. The highest BCUT2D eigenvalue weighted by Gasteiger charge is 2.19. The summed E-state index contributed by atoms with van der Waals surface area (Å²) in [6, 6.07) is 1.07. The molecule has 1 rings (SSSR count). The van der Waals surface area contributed by atoms with E-state index in [2.05, 4.69) is 10.3 Å². The van der Waals surface area contributed by atoms with Crippen molar-refractivity contribution in [1.29, 1.82) is 0 Å². The largest absolute Gasteiger partial charge is 0.484 e. The molecule has 0 spiro atoms. The first-order valence-corrected chi connectivity index (χ1v) is 6.52. The van der Waals surface area contributed by atoms with Crippen LogP contribution in [-0.2, 0) is 9.47 Å². The molecule has 0 aliphatic heterocycles. The molecule has 0 aromatic carbocycles. The van der Waals surface area contributed by atoms with Crippen LogP contribution in [0.15, 0.2) is 12.3 Å². The van der Waals surface area contributed by atoms with Crippen molar-refractivity contribution >= 4 is 11.8 Å². The maximum absolute atomic E-state index is 13.2. The molecule has 0 radical (unpaired) electrons. The quantitative estimate of drug-likeness (QED) is 0.847. The van der Waals surface area contributed by atoms with Gasteiger partial charge in [0.2, 0.25) is 5.95 Å². The van der Waals surface area contributed by atoms with Crippen LogP contribution < -0.4 is 10.1 Å². The minimum Gasteiger partial charge on any atom is -0.484 e. The van der Waals surface area contributed by atoms with Gasteiger partial charge in [0.1, 0.15) is 11.7 Å². The lowest BCUT2D eigenvalue weighted by Gasteiger charge is -2.21. The lowest BCUT2D eigenvalue weighted by molar-refractivity contribution is 0.0633. The number of ether oxygens (including phenoxy) is 3. The number of nitrogens with one attached hydrogen (secondary N) is 1. The Hall–Kier alpha value is -1.89. The Bertz CT molecular complexity index is 488. The SMILES string of the molecule is COCC(C)Oc1cnc(F)cc1NC(=O)OC(C)(C)C. The maximum atomic E-state index is 13.2. The third kappa shape index (κ3) is 6.40. The smallest absolute Gasteiger partial charge is 0.412 e. The minimum absolute atomic E-state index is 0.153. The van der Waals surface area contributed by atoms with E-state index in [-0.39, 0.29) is 17.5 Å². The van der Waals surface area contributed by atoms with Crippen molar-refractivity contribution in [2.75, 3.05) is 19.0 Å². The maximum Gasteiger partial charge on any atom is 0.412 e. The first-order valence-electron chi connectivity index (χ1n) is 6.52. The van der Waals surface area contributed by atoms with Crippen molar-refractivity contribution in [3.8, 4) is 5.75 Å². The van der Waals surface area contributed by atoms with Crippen LogP contribution in [0.2, 0.25) is 0 Å². The number of methoxy groups -OCH3 is 1. The number of amides is 1. The molecule has 1 unspecified atom stereocenters. The number of halogens is 1. The predicted octanol–water partition coefficient (Wildman–Crippen LogP) is 2.98. The van der Waals surface area contributed by atoms with Gasteiger partial charge < -0.3 is 14.2 Å². The molecular weight excluding hydrogens is 279 g/mol. The number of hydrogen-bond acceptors (Lipinski definition) is 5. The molecule has 0 saturated heterocycles. The fourth-order valence-corrected chi connectivity index (χ4v) is 1.51. The summed E-state index contributed by atoms with van der Waals surface area (Å²) >= 11 is 0. The van der Waals surface area contributed by atoms with Gasteiger partial charge >= 0.3 is 6.09 Å². The summed E-state index contributed by atoms with van der Waals surface area (Å²) in [6.07, 6.45) is 0.229. The number of hydrogen-bond donors (Lipinski definition) is 1. The zero-order valence-corrected chi connectivity index (χ0v) is 12.9. The van der Waals surface area contributed by atoms with Gasteiger partial charge in [0, 0.05) is 13.2 Å². The van der Waals surface area contributed by atoms with Gasteiger partial charge in [0.15, 0.2) is 5.75 Å². The topological polar surface area (TPSA) is 69.7 Å². The second-order valence-electron chi connectivity index (χ2n) is 5.51. The predicted molar refractivity (Wildman–Crippen MR) is 76.0 cm³/mol. The summed E-state index contributed by atoms with van der Waals surface area (Å²) in [7, 11) is 1.54. The normalized spacial score (nSPS) is 12.7. The van der Waals surface area contributed by atoms with Crippen LogP contribution in [0.4, 0.5) is 14.9 Å². The van der Waals surface area contributed by atoms with E-state index in [0.29, 0.717) is 6.61 Å². The van der Waals surface area contributed by atoms with E-state index in [0.717, 1.165) is 6.07 Å². The minimum atomic E-state index is -0.729. The first kappa shape index (κ1) is 17.2. The fraction of sp³-hybridized carbons (Fsp3) is 0.571. The highest BCUT2D eigenvalue weighted by Crippen LogP contribution is 2.25. The van der Waals surface area contributed by atoms with E-state index in [9.17, 15) is 9.18 Å². The van der Waals surface area contributed by atoms with Crippen LogP contribution in [0.1, 0.15) is 27.7 Å². The third-order valence-electron chi connectivity index (χ3n) is 2.20. The van der Waals surface area contributed by atoms with Gasteiger partial charge in [-0.25, -0.2) is 9.78 Å². The lowest BCUT2D eigenvalue weighted by Crippen LogP contribution is -2.27. The van der Waals surface area contributed by atoms with Crippen LogP contribution >= 0.6 is 0 Å². The number of carbonyl (C=O) groups excluding carboxylic acids is 1. The number of pyridine rings is 1. The van der Waals surface area contributed by atoms with E-state index in [1.54, 1.807) is 34.8 Å². The highest BCUT2D eigenvalue weighted by atomic mass is 19.1. The monoisotopic (exact) mass is 300 g/mol. The molecule has 1 amide bonds. The van der Waals surface area contributed by atoms with Gasteiger partial charge in [-0.2, -0.15) is 4.39 Å². The lowest BCUT2D eigenvalue weighted by atomic mass is 10.2. The van der Waals surface area contributed by atoms with Gasteiger partial charge in [-0.05, 0) is 27.7 Å². The highest BCUT2D eigenvalue weighted by molar-refractivity contribution is 5.86. The summed E-state index contributed by atoms with van der Waals surface area (Å²) in [5.74, 6) is -0.486. The summed E-state index contributed by atoms with van der Waals surface area (Å²) in [4.78, 5) is 15.3. The van der Waals surface area contributed by atoms with E-state index >= 15 is 0 Å². The molecule has 0 bridgehead atoms. The van der Waals surface area contributed by atoms with Crippen molar-refractivity contribution in [2.24, 2.45) is 0 Å². The number of carbonyl (C=O) groups is 1. The molecule has 118 valence electrons. The van der Waals surface area contributed by atoms with E-state index in [1.165, 1.54) is 6.20 Å². The van der Waals surface area contributed by atoms with Crippen LogP contribution in [0.25, 0.3) is 0 Å². The molecule has 6 nitrogen and oxygen atoms in total. The van der Waals surface area contributed by atoms with Crippen LogP contribution in [0, 0.1) is 5.95 Å². The molecule has 0 saturated carbocycles. The van der Waals surface area contributed by atoms with E-state index in [1.807, 2.05) is 0 Å². The average molecular weight is 300 g/mol. The zero-order chi connectivity index (χ0) is 16.0. The summed E-state index contributed by atoms with van der Waals surface area (Å²) in [5.41, 5.74) is -0.500. The van der Waals surface area contributed by atoms with Crippen LogP contribution in [0.3, 0.4) is 0 Å². The molecule has 0 aliphatic carbocycles. The average Bonchev–Trinajstić information content (AvgIpc) is 2.30. The molecule has 0 fully saturated rings. The molecule has 7 heteroatoms.